The molecule has 1 aliphatic rings. The number of benzene rings is 2. The van der Waals surface area contributed by atoms with Crippen LogP contribution in [-0.4, -0.2) is 40.0 Å². The predicted octanol–water partition coefficient (Wildman–Crippen LogP) is 5.27. The van der Waals surface area contributed by atoms with Crippen molar-refractivity contribution in [2.24, 2.45) is 0 Å². The average molecular weight is 570 g/mol. The molecule has 1 fully saturated rings. The van der Waals surface area contributed by atoms with E-state index in [4.69, 9.17) is 21.1 Å². The monoisotopic (exact) mass is 569 g/mol. The molecule has 1 saturated carbocycles. The van der Waals surface area contributed by atoms with Crippen molar-refractivity contribution < 1.29 is 29.3 Å². The van der Waals surface area contributed by atoms with E-state index in [1.807, 2.05) is 19.9 Å². The number of halogens is 1. The number of hydrogen-bond donors (Lipinski definition) is 4. The first kappa shape index (κ1) is 28.8. The topological polar surface area (TPSA) is 139 Å². The minimum Gasteiger partial charge on any atom is -0.505 e. The molecule has 0 saturated heterocycles. The van der Waals surface area contributed by atoms with Gasteiger partial charge < -0.3 is 34.9 Å². The molecule has 11 heteroatoms. The zero-order valence-electron chi connectivity index (χ0n) is 22.3. The number of carboxylic acids is 1. The van der Waals surface area contributed by atoms with E-state index in [-0.39, 0.29) is 23.9 Å². The molecule has 4 rings (SSSR count). The van der Waals surface area contributed by atoms with Crippen LogP contribution in [0, 0.1) is 0 Å². The minimum absolute atomic E-state index is 0.0716. The van der Waals surface area contributed by atoms with Gasteiger partial charge in [-0.3, -0.25) is 9.59 Å². The molecule has 40 heavy (non-hydrogen) atoms. The zero-order chi connectivity index (χ0) is 28.8. The van der Waals surface area contributed by atoms with Crippen LogP contribution in [0.4, 0.5) is 10.5 Å². The number of nitrogens with zero attached hydrogens (tertiary/aromatic N) is 1. The third kappa shape index (κ3) is 6.87. The summed E-state index contributed by atoms with van der Waals surface area (Å²) in [5.74, 6) is -0.461. The molecule has 0 aliphatic heterocycles. The maximum absolute atomic E-state index is 13.4. The molecule has 212 valence electrons. The third-order valence-electron chi connectivity index (χ3n) is 6.49. The van der Waals surface area contributed by atoms with Crippen molar-refractivity contribution in [2.75, 3.05) is 18.5 Å². The van der Waals surface area contributed by atoms with E-state index in [1.165, 1.54) is 4.57 Å². The number of ether oxygens (including phenoxy) is 2. The number of urea groups is 1. The smallest absolute Gasteiger partial charge is 0.319 e. The molecule has 0 spiro atoms. The molecule has 1 aromatic heterocycles. The summed E-state index contributed by atoms with van der Waals surface area (Å²) in [5, 5.41) is 26.0. The summed E-state index contributed by atoms with van der Waals surface area (Å²) >= 11 is 6.30. The van der Waals surface area contributed by atoms with Crippen molar-refractivity contribution in [1.82, 2.24) is 9.88 Å². The first-order chi connectivity index (χ1) is 19.2. The molecule has 1 heterocycles. The van der Waals surface area contributed by atoms with Crippen molar-refractivity contribution in [3.8, 4) is 17.2 Å². The van der Waals surface area contributed by atoms with Crippen LogP contribution in [-0.2, 0) is 11.3 Å². The molecular weight excluding hydrogens is 538 g/mol. The average Bonchev–Trinajstić information content (AvgIpc) is 3.75. The first-order valence-electron chi connectivity index (χ1n) is 13.1. The lowest BCUT2D eigenvalue weighted by molar-refractivity contribution is -0.137. The van der Waals surface area contributed by atoms with Crippen molar-refractivity contribution in [1.29, 1.82) is 0 Å². The Morgan fingerprint density at radius 1 is 1.10 bits per heavy atom. The van der Waals surface area contributed by atoms with Crippen LogP contribution in [0.5, 0.6) is 17.2 Å². The number of carbonyl (C=O) groups excluding carboxylic acids is 1. The van der Waals surface area contributed by atoms with Gasteiger partial charge >= 0.3 is 12.0 Å². The number of aromatic nitrogens is 1. The predicted molar refractivity (Wildman–Crippen MR) is 151 cm³/mol. The van der Waals surface area contributed by atoms with Gasteiger partial charge in [0.2, 0.25) is 0 Å². The number of hydrogen-bond acceptors (Lipinski definition) is 6. The summed E-state index contributed by atoms with van der Waals surface area (Å²) in [6.45, 7) is 4.55. The maximum atomic E-state index is 13.4. The van der Waals surface area contributed by atoms with Crippen LogP contribution < -0.4 is 25.7 Å². The number of carbonyl (C=O) groups is 2. The summed E-state index contributed by atoms with van der Waals surface area (Å²) in [6, 6.07) is 10.2. The third-order valence-corrected chi connectivity index (χ3v) is 6.86. The van der Waals surface area contributed by atoms with Gasteiger partial charge in [0.1, 0.15) is 5.75 Å². The van der Waals surface area contributed by atoms with E-state index in [0.717, 1.165) is 12.8 Å². The fourth-order valence-corrected chi connectivity index (χ4v) is 4.62. The van der Waals surface area contributed by atoms with Crippen LogP contribution in [0.15, 0.2) is 53.5 Å². The second kappa shape index (κ2) is 12.8. The summed E-state index contributed by atoms with van der Waals surface area (Å²) in [5.41, 5.74) is 0.820. The largest absolute Gasteiger partial charge is 0.505 e. The van der Waals surface area contributed by atoms with Crippen molar-refractivity contribution >= 4 is 29.3 Å². The second-order valence-electron chi connectivity index (χ2n) is 9.43. The lowest BCUT2D eigenvalue weighted by Gasteiger charge is -2.21. The van der Waals surface area contributed by atoms with Gasteiger partial charge in [0.05, 0.1) is 32.2 Å². The summed E-state index contributed by atoms with van der Waals surface area (Å²) in [7, 11) is 0. The number of aliphatic carboxylic acids is 1. The quantitative estimate of drug-likeness (QED) is 0.233. The van der Waals surface area contributed by atoms with Crippen LogP contribution >= 0.6 is 11.6 Å². The number of anilines is 1. The fourth-order valence-electron chi connectivity index (χ4n) is 4.43. The van der Waals surface area contributed by atoms with E-state index >= 15 is 0 Å². The standard InChI is InChI=1S/C29H32ClN3O7/c1-3-39-23-12-11-18(13-24(23)40-4-2)22(14-25(34)35)31-29(38)32-26-27(36)20(17-9-10-17)16-33(28(26)37)15-19-7-5-6-8-21(19)30/h5-8,11-13,16-17,22,36H,3-4,9-10,14-15H2,1-2H3,(H,34,35)(H2,31,32,38)/t22-/m0/s1. The second-order valence-corrected chi connectivity index (χ2v) is 9.84. The molecule has 1 atom stereocenters. The van der Waals surface area contributed by atoms with E-state index in [9.17, 15) is 24.6 Å². The lowest BCUT2D eigenvalue weighted by Crippen LogP contribution is -2.36. The molecular formula is C29H32ClN3O7. The van der Waals surface area contributed by atoms with Crippen molar-refractivity contribution in [3.05, 3.63) is 80.7 Å². The van der Waals surface area contributed by atoms with Crippen LogP contribution in [0.3, 0.4) is 0 Å². The highest BCUT2D eigenvalue weighted by molar-refractivity contribution is 6.31. The van der Waals surface area contributed by atoms with Crippen LogP contribution in [0.2, 0.25) is 5.02 Å². The number of rotatable bonds is 12. The molecule has 10 nitrogen and oxygen atoms in total. The van der Waals surface area contributed by atoms with E-state index in [2.05, 4.69) is 10.6 Å². The summed E-state index contributed by atoms with van der Waals surface area (Å²) in [4.78, 5) is 38.2. The SMILES string of the molecule is CCOc1ccc([C@H](CC(=O)O)NC(=O)Nc2c(O)c(C3CC3)cn(Cc3ccccc3Cl)c2=O)cc1OCC. The summed E-state index contributed by atoms with van der Waals surface area (Å²) < 4.78 is 12.6. The van der Waals surface area contributed by atoms with Gasteiger partial charge in [-0.1, -0.05) is 35.9 Å². The normalized spacial score (nSPS) is 13.4. The van der Waals surface area contributed by atoms with Gasteiger partial charge in [0.25, 0.3) is 5.56 Å². The Balaban J connectivity index is 1.63. The Morgan fingerprint density at radius 2 is 1.80 bits per heavy atom. The Hall–Kier alpha value is -4.18. The molecule has 0 bridgehead atoms. The number of nitrogens with one attached hydrogen (secondary N) is 2. The Morgan fingerprint density at radius 3 is 2.45 bits per heavy atom. The van der Waals surface area contributed by atoms with Crippen LogP contribution in [0.25, 0.3) is 0 Å². The van der Waals surface area contributed by atoms with E-state index < -0.39 is 30.0 Å². The van der Waals surface area contributed by atoms with Gasteiger partial charge in [-0.05, 0) is 61.9 Å². The fraction of sp³-hybridized carbons (Fsp3) is 0.345. The molecule has 3 aromatic rings. The molecule has 4 N–H and O–H groups in total. The van der Waals surface area contributed by atoms with Crippen molar-refractivity contribution in [2.45, 2.75) is 51.6 Å². The Labute approximate surface area is 236 Å². The molecule has 2 amide bonds. The number of aromatic hydroxyl groups is 1. The zero-order valence-corrected chi connectivity index (χ0v) is 23.0. The van der Waals surface area contributed by atoms with E-state index in [1.54, 1.807) is 42.6 Å². The molecule has 2 aromatic carbocycles. The lowest BCUT2D eigenvalue weighted by atomic mass is 10.0. The highest BCUT2D eigenvalue weighted by Gasteiger charge is 2.30. The highest BCUT2D eigenvalue weighted by Crippen LogP contribution is 2.45. The molecule has 1 aliphatic carbocycles. The van der Waals surface area contributed by atoms with Gasteiger partial charge in [0, 0.05) is 16.8 Å². The molecule has 0 radical (unpaired) electrons. The van der Waals surface area contributed by atoms with Gasteiger partial charge in [-0.2, -0.15) is 0 Å². The maximum Gasteiger partial charge on any atom is 0.319 e. The minimum atomic E-state index is -1.14. The highest BCUT2D eigenvalue weighted by atomic mass is 35.5. The number of pyridine rings is 1. The van der Waals surface area contributed by atoms with Gasteiger partial charge in [-0.15, -0.1) is 0 Å². The van der Waals surface area contributed by atoms with Crippen molar-refractivity contribution in [3.63, 3.8) is 0 Å². The molecule has 0 unspecified atom stereocenters. The number of carboxylic acid groups (broad SMARTS) is 1. The first-order valence-corrected chi connectivity index (χ1v) is 13.5. The Kier molecular flexibility index (Phi) is 9.21. The van der Waals surface area contributed by atoms with Gasteiger partial charge in [-0.25, -0.2) is 4.79 Å². The Bertz CT molecular complexity index is 1450. The summed E-state index contributed by atoms with van der Waals surface area (Å²) in [6.07, 6.45) is 2.87. The van der Waals surface area contributed by atoms with E-state index in [0.29, 0.717) is 46.4 Å². The number of amides is 2. The van der Waals surface area contributed by atoms with Gasteiger partial charge in [0.15, 0.2) is 17.2 Å². The van der Waals surface area contributed by atoms with Crippen LogP contribution in [0.1, 0.15) is 61.8 Å².